The SMILES string of the molecule is CC(NC(=O)C(N)C(C)C)c1cccc(OC(F)F)c1. The molecular formula is C14H20F2N2O2. The topological polar surface area (TPSA) is 64.4 Å². The van der Waals surface area contributed by atoms with Gasteiger partial charge in [-0.15, -0.1) is 0 Å². The number of rotatable bonds is 6. The van der Waals surface area contributed by atoms with Gasteiger partial charge in [0.15, 0.2) is 0 Å². The summed E-state index contributed by atoms with van der Waals surface area (Å²) in [6.07, 6.45) is 0. The Morgan fingerprint density at radius 3 is 2.50 bits per heavy atom. The van der Waals surface area contributed by atoms with Crippen molar-refractivity contribution in [3.8, 4) is 5.75 Å². The fraction of sp³-hybridized carbons (Fsp3) is 0.500. The standard InChI is InChI=1S/C14H20F2N2O2/c1-8(2)12(17)13(19)18-9(3)10-5-4-6-11(7-10)20-14(15)16/h4-9,12,14H,17H2,1-3H3,(H,18,19). The van der Waals surface area contributed by atoms with Gasteiger partial charge in [0.25, 0.3) is 0 Å². The van der Waals surface area contributed by atoms with E-state index < -0.39 is 12.7 Å². The van der Waals surface area contributed by atoms with Crippen molar-refractivity contribution in [2.45, 2.75) is 39.5 Å². The fourth-order valence-corrected chi connectivity index (χ4v) is 1.66. The maximum atomic E-state index is 12.1. The molecule has 3 N–H and O–H groups in total. The van der Waals surface area contributed by atoms with E-state index in [1.807, 2.05) is 13.8 Å². The van der Waals surface area contributed by atoms with Gasteiger partial charge in [0, 0.05) is 0 Å². The van der Waals surface area contributed by atoms with Crippen molar-refractivity contribution >= 4 is 5.91 Å². The normalized spacial score (nSPS) is 14.2. The monoisotopic (exact) mass is 286 g/mol. The highest BCUT2D eigenvalue weighted by Crippen LogP contribution is 2.20. The van der Waals surface area contributed by atoms with E-state index in [4.69, 9.17) is 5.73 Å². The Morgan fingerprint density at radius 2 is 1.95 bits per heavy atom. The second-order valence-electron chi connectivity index (χ2n) is 4.95. The summed E-state index contributed by atoms with van der Waals surface area (Å²) in [4.78, 5) is 11.8. The molecule has 1 rings (SSSR count). The van der Waals surface area contributed by atoms with Gasteiger partial charge in [0.1, 0.15) is 5.75 Å². The van der Waals surface area contributed by atoms with E-state index >= 15 is 0 Å². The molecular weight excluding hydrogens is 266 g/mol. The number of carbonyl (C=O) groups is 1. The molecule has 112 valence electrons. The minimum Gasteiger partial charge on any atom is -0.435 e. The first-order valence-corrected chi connectivity index (χ1v) is 6.42. The van der Waals surface area contributed by atoms with E-state index in [0.717, 1.165) is 0 Å². The van der Waals surface area contributed by atoms with Crippen LogP contribution in [0.15, 0.2) is 24.3 Å². The molecule has 1 amide bonds. The van der Waals surface area contributed by atoms with E-state index in [1.165, 1.54) is 12.1 Å². The van der Waals surface area contributed by atoms with Crippen LogP contribution in [0.2, 0.25) is 0 Å². The molecule has 0 aliphatic heterocycles. The molecule has 0 aromatic heterocycles. The third kappa shape index (κ3) is 4.77. The van der Waals surface area contributed by atoms with Crippen LogP contribution < -0.4 is 15.8 Å². The van der Waals surface area contributed by atoms with Crippen molar-refractivity contribution in [3.63, 3.8) is 0 Å². The van der Waals surface area contributed by atoms with Crippen molar-refractivity contribution in [1.82, 2.24) is 5.32 Å². The summed E-state index contributed by atoms with van der Waals surface area (Å²) in [5, 5.41) is 2.75. The molecule has 0 saturated heterocycles. The Hall–Kier alpha value is -1.69. The van der Waals surface area contributed by atoms with Gasteiger partial charge >= 0.3 is 6.61 Å². The predicted octanol–water partition coefficient (Wildman–Crippen LogP) is 2.45. The van der Waals surface area contributed by atoms with Crippen molar-refractivity contribution in [2.24, 2.45) is 11.7 Å². The second-order valence-corrected chi connectivity index (χ2v) is 4.95. The Labute approximate surface area is 117 Å². The van der Waals surface area contributed by atoms with Gasteiger partial charge < -0.3 is 15.8 Å². The second kappa shape index (κ2) is 7.19. The van der Waals surface area contributed by atoms with Gasteiger partial charge in [0.2, 0.25) is 5.91 Å². The fourth-order valence-electron chi connectivity index (χ4n) is 1.66. The molecule has 0 radical (unpaired) electrons. The molecule has 6 heteroatoms. The molecule has 4 nitrogen and oxygen atoms in total. The van der Waals surface area contributed by atoms with E-state index in [1.54, 1.807) is 19.1 Å². The van der Waals surface area contributed by atoms with E-state index in [2.05, 4.69) is 10.1 Å². The number of hydrogen-bond acceptors (Lipinski definition) is 3. The van der Waals surface area contributed by atoms with Crippen molar-refractivity contribution in [3.05, 3.63) is 29.8 Å². The highest BCUT2D eigenvalue weighted by molar-refractivity contribution is 5.82. The first-order valence-electron chi connectivity index (χ1n) is 6.42. The Morgan fingerprint density at radius 1 is 1.30 bits per heavy atom. The molecule has 0 bridgehead atoms. The van der Waals surface area contributed by atoms with Crippen LogP contribution in [0.25, 0.3) is 0 Å². The Bertz CT molecular complexity index is 453. The molecule has 1 aromatic rings. The zero-order valence-electron chi connectivity index (χ0n) is 11.8. The van der Waals surface area contributed by atoms with Crippen molar-refractivity contribution < 1.29 is 18.3 Å². The van der Waals surface area contributed by atoms with Crippen LogP contribution in [0.5, 0.6) is 5.75 Å². The number of benzene rings is 1. The molecule has 0 aliphatic rings. The van der Waals surface area contributed by atoms with Crippen LogP contribution in [0, 0.1) is 5.92 Å². The zero-order valence-corrected chi connectivity index (χ0v) is 11.8. The lowest BCUT2D eigenvalue weighted by atomic mass is 10.0. The van der Waals surface area contributed by atoms with Crippen molar-refractivity contribution in [2.75, 3.05) is 0 Å². The molecule has 2 atom stereocenters. The van der Waals surface area contributed by atoms with Gasteiger partial charge in [-0.05, 0) is 30.5 Å². The van der Waals surface area contributed by atoms with Gasteiger partial charge in [-0.2, -0.15) is 8.78 Å². The highest BCUT2D eigenvalue weighted by Gasteiger charge is 2.19. The molecule has 0 heterocycles. The Balaban J connectivity index is 2.72. The summed E-state index contributed by atoms with van der Waals surface area (Å²) in [5.74, 6) is -0.185. The number of halogens is 2. The summed E-state index contributed by atoms with van der Waals surface area (Å²) in [6.45, 7) is 2.59. The number of alkyl halides is 2. The summed E-state index contributed by atoms with van der Waals surface area (Å²) in [5.41, 5.74) is 6.42. The predicted molar refractivity (Wildman–Crippen MR) is 72.4 cm³/mol. The van der Waals surface area contributed by atoms with Gasteiger partial charge in [-0.25, -0.2) is 0 Å². The lowest BCUT2D eigenvalue weighted by molar-refractivity contribution is -0.123. The molecule has 0 aliphatic carbocycles. The minimum absolute atomic E-state index is 0.0238. The van der Waals surface area contributed by atoms with Crippen LogP contribution in [0.4, 0.5) is 8.78 Å². The first-order chi connectivity index (χ1) is 9.31. The number of nitrogens with two attached hydrogens (primary N) is 1. The number of nitrogens with one attached hydrogen (secondary N) is 1. The molecule has 0 fully saturated rings. The molecule has 2 unspecified atom stereocenters. The summed E-state index contributed by atoms with van der Waals surface area (Å²) >= 11 is 0. The molecule has 20 heavy (non-hydrogen) atoms. The third-order valence-electron chi connectivity index (χ3n) is 2.96. The van der Waals surface area contributed by atoms with E-state index in [9.17, 15) is 13.6 Å². The van der Waals surface area contributed by atoms with Gasteiger partial charge in [-0.1, -0.05) is 26.0 Å². The summed E-state index contributed by atoms with van der Waals surface area (Å²) in [6, 6.07) is 5.29. The van der Waals surface area contributed by atoms with Crippen LogP contribution in [0.3, 0.4) is 0 Å². The van der Waals surface area contributed by atoms with Crippen LogP contribution in [-0.2, 0) is 4.79 Å². The van der Waals surface area contributed by atoms with Crippen LogP contribution in [-0.4, -0.2) is 18.6 Å². The molecule has 0 spiro atoms. The Kier molecular flexibility index (Phi) is 5.88. The van der Waals surface area contributed by atoms with Crippen LogP contribution >= 0.6 is 0 Å². The molecule has 1 aromatic carbocycles. The molecule has 0 saturated carbocycles. The lowest BCUT2D eigenvalue weighted by Crippen LogP contribution is -2.44. The number of carbonyl (C=O) groups excluding carboxylic acids is 1. The summed E-state index contributed by atoms with van der Waals surface area (Å²) in [7, 11) is 0. The lowest BCUT2D eigenvalue weighted by Gasteiger charge is -2.20. The quantitative estimate of drug-likeness (QED) is 0.844. The number of hydrogen-bond donors (Lipinski definition) is 2. The first kappa shape index (κ1) is 16.4. The van der Waals surface area contributed by atoms with Gasteiger partial charge in [-0.3, -0.25) is 4.79 Å². The van der Waals surface area contributed by atoms with Crippen LogP contribution in [0.1, 0.15) is 32.4 Å². The summed E-state index contributed by atoms with van der Waals surface area (Å²) < 4.78 is 28.6. The zero-order chi connectivity index (χ0) is 15.3. The number of ether oxygens (including phenoxy) is 1. The third-order valence-corrected chi connectivity index (χ3v) is 2.96. The smallest absolute Gasteiger partial charge is 0.387 e. The average Bonchev–Trinajstić information content (AvgIpc) is 2.37. The van der Waals surface area contributed by atoms with E-state index in [-0.39, 0.29) is 23.6 Å². The maximum absolute atomic E-state index is 12.1. The minimum atomic E-state index is -2.87. The van der Waals surface area contributed by atoms with Gasteiger partial charge in [0.05, 0.1) is 12.1 Å². The average molecular weight is 286 g/mol. The van der Waals surface area contributed by atoms with E-state index in [0.29, 0.717) is 5.56 Å². The largest absolute Gasteiger partial charge is 0.435 e. The number of amides is 1. The van der Waals surface area contributed by atoms with Crippen molar-refractivity contribution in [1.29, 1.82) is 0 Å². The highest BCUT2D eigenvalue weighted by atomic mass is 19.3. The maximum Gasteiger partial charge on any atom is 0.387 e.